The van der Waals surface area contributed by atoms with Crippen LogP contribution in [0.5, 0.6) is 5.75 Å². The summed E-state index contributed by atoms with van der Waals surface area (Å²) in [5.74, 6) is -3.65. The molecule has 0 spiro atoms. The zero-order valence-corrected chi connectivity index (χ0v) is 14.3. The summed E-state index contributed by atoms with van der Waals surface area (Å²) in [5.41, 5.74) is -3.52. The number of ether oxygens (including phenoxy) is 2. The molecule has 2 unspecified atom stereocenters. The van der Waals surface area contributed by atoms with Crippen molar-refractivity contribution in [3.8, 4) is 5.75 Å². The first kappa shape index (κ1) is 21.2. The standard InChI is InChI=1S/C17H22F4O4/c1-4-7-11(12-8-6-9-13(18)14(12)24-3)10-16(23,17(19,20)21)15(22)25-5-2/h6,8-9,11,23H,4-5,7,10H2,1-3H3. The Kier molecular flexibility index (Phi) is 7.22. The van der Waals surface area contributed by atoms with Crippen molar-refractivity contribution in [2.24, 2.45) is 0 Å². The third kappa shape index (κ3) is 4.62. The summed E-state index contributed by atoms with van der Waals surface area (Å²) >= 11 is 0. The van der Waals surface area contributed by atoms with Crippen LogP contribution in [0.4, 0.5) is 17.6 Å². The molecule has 0 aliphatic heterocycles. The van der Waals surface area contributed by atoms with Gasteiger partial charge in [0.1, 0.15) is 0 Å². The van der Waals surface area contributed by atoms with E-state index in [0.29, 0.717) is 6.42 Å². The first-order chi connectivity index (χ1) is 11.6. The van der Waals surface area contributed by atoms with Gasteiger partial charge in [0.25, 0.3) is 5.60 Å². The molecule has 0 aromatic heterocycles. The van der Waals surface area contributed by atoms with Gasteiger partial charge >= 0.3 is 12.1 Å². The number of methoxy groups -OCH3 is 1. The number of carbonyl (C=O) groups is 1. The van der Waals surface area contributed by atoms with E-state index in [1.807, 2.05) is 0 Å². The summed E-state index contributed by atoms with van der Waals surface area (Å²) in [6.07, 6.45) is -5.56. The van der Waals surface area contributed by atoms with Crippen molar-refractivity contribution in [2.45, 2.75) is 50.8 Å². The quantitative estimate of drug-likeness (QED) is 0.559. The van der Waals surface area contributed by atoms with Crippen molar-refractivity contribution in [3.05, 3.63) is 29.6 Å². The summed E-state index contributed by atoms with van der Waals surface area (Å²) < 4.78 is 63.5. The molecule has 4 nitrogen and oxygen atoms in total. The Morgan fingerprint density at radius 2 is 1.92 bits per heavy atom. The van der Waals surface area contributed by atoms with Crippen LogP contribution in [-0.2, 0) is 9.53 Å². The van der Waals surface area contributed by atoms with E-state index in [9.17, 15) is 27.5 Å². The zero-order valence-electron chi connectivity index (χ0n) is 14.3. The van der Waals surface area contributed by atoms with Gasteiger partial charge in [0.2, 0.25) is 0 Å². The van der Waals surface area contributed by atoms with Crippen molar-refractivity contribution in [2.75, 3.05) is 13.7 Å². The Morgan fingerprint density at radius 1 is 1.28 bits per heavy atom. The van der Waals surface area contributed by atoms with Gasteiger partial charge in [0.05, 0.1) is 13.7 Å². The van der Waals surface area contributed by atoms with Crippen LogP contribution in [0.25, 0.3) is 0 Å². The highest BCUT2D eigenvalue weighted by Crippen LogP contribution is 2.43. The predicted molar refractivity (Wildman–Crippen MR) is 82.9 cm³/mol. The van der Waals surface area contributed by atoms with Crippen LogP contribution in [0, 0.1) is 5.82 Å². The summed E-state index contributed by atoms with van der Waals surface area (Å²) in [5, 5.41) is 10.1. The maximum atomic E-state index is 13.9. The Morgan fingerprint density at radius 3 is 2.40 bits per heavy atom. The average molecular weight is 366 g/mol. The largest absolute Gasteiger partial charge is 0.493 e. The van der Waals surface area contributed by atoms with Crippen molar-refractivity contribution < 1.29 is 36.9 Å². The summed E-state index contributed by atoms with van der Waals surface area (Å²) in [7, 11) is 1.20. The second-order valence-electron chi connectivity index (χ2n) is 5.63. The van der Waals surface area contributed by atoms with Crippen LogP contribution in [0.2, 0.25) is 0 Å². The maximum absolute atomic E-state index is 13.9. The molecule has 142 valence electrons. The molecule has 1 rings (SSSR count). The molecule has 0 saturated heterocycles. The fourth-order valence-electron chi connectivity index (χ4n) is 2.70. The molecule has 1 aromatic rings. The topological polar surface area (TPSA) is 55.8 Å². The molecule has 0 bridgehead atoms. The molecule has 2 atom stereocenters. The first-order valence-electron chi connectivity index (χ1n) is 7.91. The number of para-hydroxylation sites is 1. The van der Waals surface area contributed by atoms with Gasteiger partial charge in [-0.05, 0) is 25.3 Å². The minimum absolute atomic E-state index is 0.163. The van der Waals surface area contributed by atoms with Gasteiger partial charge < -0.3 is 14.6 Å². The Labute approximate surface area is 143 Å². The molecule has 0 heterocycles. The molecular weight excluding hydrogens is 344 g/mol. The summed E-state index contributed by atoms with van der Waals surface area (Å²) in [6.45, 7) is 2.77. The molecule has 0 aliphatic rings. The maximum Gasteiger partial charge on any atom is 0.428 e. The molecule has 1 N–H and O–H groups in total. The average Bonchev–Trinajstić information content (AvgIpc) is 2.53. The van der Waals surface area contributed by atoms with Crippen molar-refractivity contribution in [3.63, 3.8) is 0 Å². The normalized spacial score (nSPS) is 15.4. The van der Waals surface area contributed by atoms with Gasteiger partial charge in [-0.3, -0.25) is 0 Å². The molecule has 0 aliphatic carbocycles. The Hall–Kier alpha value is -1.83. The van der Waals surface area contributed by atoms with Crippen LogP contribution >= 0.6 is 0 Å². The van der Waals surface area contributed by atoms with E-state index in [4.69, 9.17) is 4.74 Å². The van der Waals surface area contributed by atoms with Gasteiger partial charge in [-0.15, -0.1) is 0 Å². The van der Waals surface area contributed by atoms with E-state index in [2.05, 4.69) is 4.74 Å². The van der Waals surface area contributed by atoms with E-state index >= 15 is 0 Å². The third-order valence-corrected chi connectivity index (χ3v) is 3.90. The molecule has 25 heavy (non-hydrogen) atoms. The highest BCUT2D eigenvalue weighted by molar-refractivity contribution is 5.80. The lowest BCUT2D eigenvalue weighted by Crippen LogP contribution is -2.53. The minimum atomic E-state index is -5.23. The van der Waals surface area contributed by atoms with E-state index in [0.717, 1.165) is 6.07 Å². The fraction of sp³-hybridized carbons (Fsp3) is 0.588. The second-order valence-corrected chi connectivity index (χ2v) is 5.63. The van der Waals surface area contributed by atoms with Gasteiger partial charge in [-0.25, -0.2) is 9.18 Å². The molecule has 0 fully saturated rings. The van der Waals surface area contributed by atoms with E-state index in [-0.39, 0.29) is 24.3 Å². The monoisotopic (exact) mass is 366 g/mol. The first-order valence-corrected chi connectivity index (χ1v) is 7.91. The number of esters is 1. The highest BCUT2D eigenvalue weighted by atomic mass is 19.4. The van der Waals surface area contributed by atoms with Crippen LogP contribution in [0.1, 0.15) is 44.6 Å². The lowest BCUT2D eigenvalue weighted by Gasteiger charge is -2.32. The number of aliphatic hydroxyl groups is 1. The van der Waals surface area contributed by atoms with Gasteiger partial charge in [-0.1, -0.05) is 25.5 Å². The summed E-state index contributed by atoms with van der Waals surface area (Å²) in [4.78, 5) is 11.8. The Balaban J connectivity index is 3.34. The number of rotatable bonds is 8. The fourth-order valence-corrected chi connectivity index (χ4v) is 2.70. The van der Waals surface area contributed by atoms with E-state index in [1.54, 1.807) is 6.92 Å². The number of halogens is 4. The van der Waals surface area contributed by atoms with E-state index < -0.39 is 35.9 Å². The highest BCUT2D eigenvalue weighted by Gasteiger charge is 2.61. The number of alkyl halides is 3. The molecule has 0 saturated carbocycles. The molecule has 1 aromatic carbocycles. The van der Waals surface area contributed by atoms with E-state index in [1.165, 1.54) is 26.2 Å². The number of benzene rings is 1. The minimum Gasteiger partial charge on any atom is -0.493 e. The van der Waals surface area contributed by atoms with Crippen molar-refractivity contribution in [1.29, 1.82) is 0 Å². The lowest BCUT2D eigenvalue weighted by molar-refractivity contribution is -0.265. The van der Waals surface area contributed by atoms with Crippen LogP contribution < -0.4 is 4.74 Å². The second kappa shape index (κ2) is 8.51. The van der Waals surface area contributed by atoms with Gasteiger partial charge in [-0.2, -0.15) is 13.2 Å². The number of hydrogen-bond donors (Lipinski definition) is 1. The van der Waals surface area contributed by atoms with Crippen molar-refractivity contribution >= 4 is 5.97 Å². The van der Waals surface area contributed by atoms with Gasteiger partial charge in [0, 0.05) is 12.0 Å². The SMILES string of the molecule is CCCC(CC(O)(C(=O)OCC)C(F)(F)F)c1cccc(F)c1OC. The molecular formula is C17H22F4O4. The smallest absolute Gasteiger partial charge is 0.428 e. The van der Waals surface area contributed by atoms with Crippen LogP contribution in [-0.4, -0.2) is 36.6 Å². The lowest BCUT2D eigenvalue weighted by atomic mass is 9.82. The molecule has 8 heteroatoms. The van der Waals surface area contributed by atoms with Crippen molar-refractivity contribution in [1.82, 2.24) is 0 Å². The Bertz CT molecular complexity index is 589. The number of hydrogen-bond acceptors (Lipinski definition) is 4. The predicted octanol–water partition coefficient (Wildman–Crippen LogP) is 3.96. The third-order valence-electron chi connectivity index (χ3n) is 3.90. The molecule has 0 radical (unpaired) electrons. The number of carbonyl (C=O) groups excluding carboxylic acids is 1. The summed E-state index contributed by atoms with van der Waals surface area (Å²) in [6, 6.07) is 3.88. The zero-order chi connectivity index (χ0) is 19.3. The van der Waals surface area contributed by atoms with Gasteiger partial charge in [0.15, 0.2) is 11.6 Å². The molecule has 0 amide bonds. The van der Waals surface area contributed by atoms with Crippen LogP contribution in [0.15, 0.2) is 18.2 Å². The van der Waals surface area contributed by atoms with Crippen LogP contribution in [0.3, 0.4) is 0 Å².